The summed E-state index contributed by atoms with van der Waals surface area (Å²) in [7, 11) is 0. The molecule has 0 radical (unpaired) electrons. The third kappa shape index (κ3) is 2.62. The summed E-state index contributed by atoms with van der Waals surface area (Å²) in [6.07, 6.45) is 3.10. The Labute approximate surface area is 172 Å². The molecule has 0 unspecified atom stereocenters. The first-order valence-electron chi connectivity index (χ1n) is 9.89. The van der Waals surface area contributed by atoms with Gasteiger partial charge in [0.25, 0.3) is 0 Å². The lowest BCUT2D eigenvalue weighted by atomic mass is 9.67. The summed E-state index contributed by atoms with van der Waals surface area (Å²) < 4.78 is 6.00. The lowest BCUT2D eigenvalue weighted by Crippen LogP contribution is -2.75. The van der Waals surface area contributed by atoms with Gasteiger partial charge in [-0.3, -0.25) is 30.2 Å². The van der Waals surface area contributed by atoms with E-state index in [1.807, 2.05) is 43.0 Å². The highest BCUT2D eigenvalue weighted by Crippen LogP contribution is 2.46. The van der Waals surface area contributed by atoms with Gasteiger partial charge in [-0.15, -0.1) is 0 Å². The summed E-state index contributed by atoms with van der Waals surface area (Å²) >= 11 is 0. The maximum Gasteiger partial charge on any atom is 0.328 e. The zero-order valence-corrected chi connectivity index (χ0v) is 16.6. The first-order chi connectivity index (χ1) is 14.4. The summed E-state index contributed by atoms with van der Waals surface area (Å²) in [4.78, 5) is 49.0. The van der Waals surface area contributed by atoms with Crippen LogP contribution in [0.3, 0.4) is 0 Å². The number of morpholine rings is 1. The van der Waals surface area contributed by atoms with Crippen LogP contribution < -0.4 is 15.5 Å². The number of pyridine rings is 2. The number of anilines is 1. The number of urea groups is 1. The zero-order valence-electron chi connectivity index (χ0n) is 16.6. The molecule has 1 spiro atoms. The first kappa shape index (κ1) is 18.7. The molecule has 9 heteroatoms. The van der Waals surface area contributed by atoms with Crippen LogP contribution in [0.5, 0.6) is 0 Å². The smallest absolute Gasteiger partial charge is 0.328 e. The molecule has 9 nitrogen and oxygen atoms in total. The molecule has 154 valence electrons. The minimum absolute atomic E-state index is 0.0916. The third-order valence-electron chi connectivity index (χ3n) is 6.12. The van der Waals surface area contributed by atoms with Crippen molar-refractivity contribution in [3.05, 3.63) is 42.2 Å². The number of nitrogens with zero attached hydrogens (tertiary/aromatic N) is 3. The van der Waals surface area contributed by atoms with E-state index in [-0.39, 0.29) is 12.5 Å². The van der Waals surface area contributed by atoms with Crippen LogP contribution in [0.15, 0.2) is 36.7 Å². The van der Waals surface area contributed by atoms with Crippen molar-refractivity contribution >= 4 is 23.5 Å². The Morgan fingerprint density at radius 3 is 2.57 bits per heavy atom. The molecule has 30 heavy (non-hydrogen) atoms. The van der Waals surface area contributed by atoms with E-state index in [2.05, 4.69) is 20.6 Å². The van der Waals surface area contributed by atoms with Crippen molar-refractivity contribution in [3.63, 3.8) is 0 Å². The van der Waals surface area contributed by atoms with Crippen molar-refractivity contribution < 1.29 is 19.1 Å². The topological polar surface area (TPSA) is 114 Å². The van der Waals surface area contributed by atoms with Gasteiger partial charge in [-0.1, -0.05) is 6.07 Å². The van der Waals surface area contributed by atoms with Gasteiger partial charge in [0.15, 0.2) is 5.41 Å². The van der Waals surface area contributed by atoms with Crippen LogP contribution in [-0.2, 0) is 20.7 Å². The van der Waals surface area contributed by atoms with Crippen molar-refractivity contribution in [2.24, 2.45) is 5.41 Å². The maximum absolute atomic E-state index is 13.1. The number of nitrogens with one attached hydrogen (secondary N) is 2. The number of amides is 4. The number of barbiturate groups is 1. The van der Waals surface area contributed by atoms with Crippen LogP contribution in [0.25, 0.3) is 11.4 Å². The fraction of sp³-hybridized carbons (Fsp3) is 0.381. The van der Waals surface area contributed by atoms with Gasteiger partial charge >= 0.3 is 6.03 Å². The molecule has 3 atom stereocenters. The molecule has 3 aliphatic heterocycles. The molecule has 5 heterocycles. The molecule has 2 aromatic rings. The van der Waals surface area contributed by atoms with Crippen LogP contribution in [-0.4, -0.2) is 52.6 Å². The van der Waals surface area contributed by atoms with Gasteiger partial charge in [0.2, 0.25) is 11.8 Å². The van der Waals surface area contributed by atoms with Crippen LogP contribution in [0.2, 0.25) is 0 Å². The molecule has 4 amide bonds. The number of rotatable bonds is 1. The lowest BCUT2D eigenvalue weighted by Gasteiger charge is -2.55. The molecule has 5 rings (SSSR count). The van der Waals surface area contributed by atoms with Gasteiger partial charge in [0.1, 0.15) is 0 Å². The van der Waals surface area contributed by atoms with E-state index in [1.54, 1.807) is 12.4 Å². The zero-order chi connectivity index (χ0) is 21.0. The SMILES string of the molecule is C[C@@H]1CN2c3cnc(-c4ccccn4)cc3CC3(C(=O)NC(=O)NC3=O)[C@H]2[C@H](C)O1. The monoisotopic (exact) mass is 407 g/mol. The molecule has 0 aliphatic carbocycles. The van der Waals surface area contributed by atoms with E-state index < -0.39 is 35.4 Å². The number of ether oxygens (including phenoxy) is 1. The van der Waals surface area contributed by atoms with Gasteiger partial charge in [-0.2, -0.15) is 0 Å². The average molecular weight is 407 g/mol. The second kappa shape index (κ2) is 6.60. The maximum atomic E-state index is 13.1. The predicted molar refractivity (Wildman–Crippen MR) is 106 cm³/mol. The Morgan fingerprint density at radius 2 is 1.87 bits per heavy atom. The fourth-order valence-electron chi connectivity index (χ4n) is 4.98. The minimum atomic E-state index is -1.48. The minimum Gasteiger partial charge on any atom is -0.372 e. The van der Waals surface area contributed by atoms with Crippen molar-refractivity contribution in [1.82, 2.24) is 20.6 Å². The summed E-state index contributed by atoms with van der Waals surface area (Å²) in [6, 6.07) is 6.07. The van der Waals surface area contributed by atoms with Gasteiger partial charge in [-0.25, -0.2) is 4.79 Å². The predicted octanol–water partition coefficient (Wildman–Crippen LogP) is 1.03. The second-order valence-corrected chi connectivity index (χ2v) is 8.05. The van der Waals surface area contributed by atoms with Crippen molar-refractivity contribution in [3.8, 4) is 11.4 Å². The molecule has 0 bridgehead atoms. The lowest BCUT2D eigenvalue weighted by molar-refractivity contribution is -0.153. The molecule has 0 saturated carbocycles. The largest absolute Gasteiger partial charge is 0.372 e. The third-order valence-corrected chi connectivity index (χ3v) is 6.12. The Morgan fingerprint density at radius 1 is 1.10 bits per heavy atom. The van der Waals surface area contributed by atoms with Crippen LogP contribution >= 0.6 is 0 Å². The molecule has 0 aromatic carbocycles. The van der Waals surface area contributed by atoms with E-state index in [1.165, 1.54) is 0 Å². The number of fused-ring (bicyclic) bond motifs is 4. The molecule has 2 saturated heterocycles. The van der Waals surface area contributed by atoms with Crippen LogP contribution in [0.4, 0.5) is 10.5 Å². The highest BCUT2D eigenvalue weighted by Gasteiger charge is 2.62. The van der Waals surface area contributed by atoms with Crippen molar-refractivity contribution in [1.29, 1.82) is 0 Å². The van der Waals surface area contributed by atoms with Crippen LogP contribution in [0, 0.1) is 5.41 Å². The van der Waals surface area contributed by atoms with Gasteiger partial charge in [-0.05, 0) is 37.6 Å². The van der Waals surface area contributed by atoms with Crippen molar-refractivity contribution in [2.45, 2.75) is 38.5 Å². The normalized spacial score (nSPS) is 27.2. The Balaban J connectivity index is 1.68. The molecular formula is C21H21N5O4. The number of aromatic nitrogens is 2. The molecule has 3 aliphatic rings. The second-order valence-electron chi connectivity index (χ2n) is 8.05. The van der Waals surface area contributed by atoms with E-state index >= 15 is 0 Å². The standard InChI is InChI=1S/C21H21N5O4/c1-11-10-26-16-9-23-15(14-5-3-4-6-22-14)7-13(16)8-21(17(26)12(2)30-11)18(27)24-20(29)25-19(21)28/h3-7,9,11-12,17H,8,10H2,1-2H3,(H2,24,25,27,28,29)/t11-,12+,17-/m1/s1. The highest BCUT2D eigenvalue weighted by molar-refractivity contribution is 6.20. The van der Waals surface area contributed by atoms with E-state index in [9.17, 15) is 14.4 Å². The van der Waals surface area contributed by atoms with Gasteiger partial charge < -0.3 is 9.64 Å². The summed E-state index contributed by atoms with van der Waals surface area (Å²) in [6.45, 7) is 4.31. The summed E-state index contributed by atoms with van der Waals surface area (Å²) in [5.74, 6) is -1.20. The Bertz CT molecular complexity index is 1040. The highest BCUT2D eigenvalue weighted by atomic mass is 16.5. The molecule has 2 N–H and O–H groups in total. The number of hydrogen-bond acceptors (Lipinski definition) is 7. The van der Waals surface area contributed by atoms with Crippen molar-refractivity contribution in [2.75, 3.05) is 11.4 Å². The fourth-order valence-corrected chi connectivity index (χ4v) is 4.98. The quantitative estimate of drug-likeness (QED) is 0.679. The van der Waals surface area contributed by atoms with Gasteiger partial charge in [0.05, 0.1) is 41.5 Å². The average Bonchev–Trinajstić information content (AvgIpc) is 2.71. The van der Waals surface area contributed by atoms with Crippen LogP contribution in [0.1, 0.15) is 19.4 Å². The molecular weight excluding hydrogens is 386 g/mol. The summed E-state index contributed by atoms with van der Waals surface area (Å²) in [5.41, 5.74) is 1.55. The molecule has 2 aromatic heterocycles. The number of hydrogen-bond donors (Lipinski definition) is 2. The number of carbonyl (C=O) groups excluding carboxylic acids is 3. The number of imide groups is 2. The summed E-state index contributed by atoms with van der Waals surface area (Å²) in [5, 5.41) is 4.58. The molecule has 2 fully saturated rings. The van der Waals surface area contributed by atoms with E-state index in [0.29, 0.717) is 17.9 Å². The van der Waals surface area contributed by atoms with E-state index in [4.69, 9.17) is 4.74 Å². The van der Waals surface area contributed by atoms with Gasteiger partial charge in [0, 0.05) is 19.2 Å². The first-order valence-corrected chi connectivity index (χ1v) is 9.89. The van der Waals surface area contributed by atoms with E-state index in [0.717, 1.165) is 11.3 Å². The Kier molecular flexibility index (Phi) is 4.11. The Hall–Kier alpha value is -3.33. The number of carbonyl (C=O) groups is 3.